The Kier molecular flexibility index (Phi) is 2.60. The SMILES string of the molecule is NC(=O)Oc1cccc2[nH]c(-c3cscc3N)nc12. The van der Waals surface area contributed by atoms with E-state index in [2.05, 4.69) is 9.97 Å². The predicted octanol–water partition coefficient (Wildman–Crippen LogP) is 2.33. The fourth-order valence-corrected chi connectivity index (χ4v) is 2.55. The highest BCUT2D eigenvalue weighted by Crippen LogP contribution is 2.31. The van der Waals surface area contributed by atoms with Gasteiger partial charge >= 0.3 is 6.09 Å². The minimum Gasteiger partial charge on any atom is -0.408 e. The van der Waals surface area contributed by atoms with Gasteiger partial charge in [-0.2, -0.15) is 0 Å². The minimum atomic E-state index is -0.868. The van der Waals surface area contributed by atoms with Crippen LogP contribution in [0.15, 0.2) is 29.0 Å². The molecule has 0 atom stereocenters. The lowest BCUT2D eigenvalue weighted by Gasteiger charge is -1.99. The number of hydrogen-bond donors (Lipinski definition) is 3. The van der Waals surface area contributed by atoms with Crippen molar-refractivity contribution in [1.82, 2.24) is 9.97 Å². The van der Waals surface area contributed by atoms with Crippen LogP contribution >= 0.6 is 11.3 Å². The van der Waals surface area contributed by atoms with Crippen molar-refractivity contribution in [3.05, 3.63) is 29.0 Å². The smallest absolute Gasteiger partial charge is 0.408 e. The number of primary amides is 1. The van der Waals surface area contributed by atoms with Gasteiger partial charge in [-0.1, -0.05) is 6.07 Å². The number of aromatic amines is 1. The summed E-state index contributed by atoms with van der Waals surface area (Å²) in [6.07, 6.45) is -0.868. The molecule has 19 heavy (non-hydrogen) atoms. The van der Waals surface area contributed by atoms with Gasteiger partial charge < -0.3 is 21.2 Å². The van der Waals surface area contributed by atoms with Gasteiger partial charge in [-0.05, 0) is 12.1 Å². The van der Waals surface area contributed by atoms with Crippen LogP contribution in [0, 0.1) is 0 Å². The number of amides is 1. The number of ether oxygens (including phenoxy) is 1. The van der Waals surface area contributed by atoms with Crippen molar-refractivity contribution in [2.45, 2.75) is 0 Å². The molecule has 6 nitrogen and oxygen atoms in total. The summed E-state index contributed by atoms with van der Waals surface area (Å²) >= 11 is 1.50. The standard InChI is InChI=1S/C12H10N4O2S/c13-7-5-19-4-6(7)11-15-8-2-1-3-9(10(8)16-11)18-12(14)17/h1-5H,13H2,(H2,14,17)(H,15,16). The normalized spacial score (nSPS) is 10.7. The number of thiophene rings is 1. The lowest BCUT2D eigenvalue weighted by atomic mass is 10.3. The van der Waals surface area contributed by atoms with Crippen LogP contribution in [0.2, 0.25) is 0 Å². The van der Waals surface area contributed by atoms with E-state index >= 15 is 0 Å². The Bertz CT molecular complexity index is 762. The van der Waals surface area contributed by atoms with Crippen molar-refractivity contribution in [3.8, 4) is 17.1 Å². The first-order valence-corrected chi connectivity index (χ1v) is 6.37. The third kappa shape index (κ3) is 2.00. The van der Waals surface area contributed by atoms with Crippen molar-refractivity contribution in [3.63, 3.8) is 0 Å². The number of nitrogens with two attached hydrogens (primary N) is 2. The quantitative estimate of drug-likeness (QED) is 0.666. The molecule has 0 radical (unpaired) electrons. The Morgan fingerprint density at radius 1 is 1.37 bits per heavy atom. The minimum absolute atomic E-state index is 0.321. The van der Waals surface area contributed by atoms with Gasteiger partial charge in [0.15, 0.2) is 5.75 Å². The Balaban J connectivity index is 2.15. The first-order chi connectivity index (χ1) is 9.15. The van der Waals surface area contributed by atoms with Crippen LogP contribution in [0.4, 0.5) is 10.5 Å². The van der Waals surface area contributed by atoms with Gasteiger partial charge in [0.2, 0.25) is 0 Å². The summed E-state index contributed by atoms with van der Waals surface area (Å²) in [5, 5.41) is 3.74. The molecule has 1 amide bonds. The van der Waals surface area contributed by atoms with E-state index in [-0.39, 0.29) is 0 Å². The molecule has 1 aromatic carbocycles. The molecule has 0 aliphatic heterocycles. The van der Waals surface area contributed by atoms with Crippen LogP contribution in [0.1, 0.15) is 0 Å². The number of hydrogen-bond acceptors (Lipinski definition) is 5. The second-order valence-electron chi connectivity index (χ2n) is 3.90. The Hall–Kier alpha value is -2.54. The third-order valence-electron chi connectivity index (χ3n) is 2.63. The van der Waals surface area contributed by atoms with E-state index in [0.717, 1.165) is 11.1 Å². The molecule has 2 heterocycles. The van der Waals surface area contributed by atoms with Gasteiger partial charge in [0, 0.05) is 10.8 Å². The van der Waals surface area contributed by atoms with Gasteiger partial charge in [0.05, 0.1) is 16.8 Å². The van der Waals surface area contributed by atoms with Crippen LogP contribution in [-0.2, 0) is 0 Å². The van der Waals surface area contributed by atoms with Gasteiger partial charge in [-0.25, -0.2) is 9.78 Å². The van der Waals surface area contributed by atoms with Crippen LogP contribution in [0.25, 0.3) is 22.4 Å². The van der Waals surface area contributed by atoms with E-state index in [1.807, 2.05) is 16.8 Å². The first kappa shape index (κ1) is 11.5. The van der Waals surface area contributed by atoms with E-state index in [0.29, 0.717) is 22.8 Å². The number of carbonyl (C=O) groups is 1. The number of nitrogens with one attached hydrogen (secondary N) is 1. The van der Waals surface area contributed by atoms with E-state index in [4.69, 9.17) is 16.2 Å². The molecule has 0 fully saturated rings. The Morgan fingerprint density at radius 3 is 2.89 bits per heavy atom. The van der Waals surface area contributed by atoms with E-state index in [9.17, 15) is 4.79 Å². The molecule has 0 saturated heterocycles. The molecule has 0 saturated carbocycles. The zero-order valence-electron chi connectivity index (χ0n) is 9.71. The van der Waals surface area contributed by atoms with Crippen LogP contribution < -0.4 is 16.2 Å². The lowest BCUT2D eigenvalue weighted by Crippen LogP contribution is -2.16. The zero-order chi connectivity index (χ0) is 13.4. The van der Waals surface area contributed by atoms with Gasteiger partial charge in [-0.3, -0.25) is 0 Å². The Morgan fingerprint density at radius 2 is 2.21 bits per heavy atom. The summed E-state index contributed by atoms with van der Waals surface area (Å²) in [6, 6.07) is 5.22. The van der Waals surface area contributed by atoms with Crippen molar-refractivity contribution in [2.75, 3.05) is 5.73 Å². The van der Waals surface area contributed by atoms with Crippen molar-refractivity contribution in [1.29, 1.82) is 0 Å². The Labute approximate surface area is 112 Å². The summed E-state index contributed by atoms with van der Waals surface area (Å²) in [6.45, 7) is 0. The first-order valence-electron chi connectivity index (χ1n) is 5.43. The number of benzene rings is 1. The fourth-order valence-electron chi connectivity index (χ4n) is 1.82. The highest BCUT2D eigenvalue weighted by molar-refractivity contribution is 7.08. The maximum Gasteiger partial charge on any atom is 0.410 e. The number of nitrogens with zero attached hydrogens (tertiary/aromatic N) is 1. The molecule has 2 aromatic heterocycles. The molecule has 0 bridgehead atoms. The number of aromatic nitrogens is 2. The molecule has 0 unspecified atom stereocenters. The molecule has 3 aromatic rings. The number of nitrogen functional groups attached to an aromatic ring is 1. The summed E-state index contributed by atoms with van der Waals surface area (Å²) < 4.78 is 4.92. The topological polar surface area (TPSA) is 107 Å². The number of imidazole rings is 1. The molecule has 0 aliphatic carbocycles. The summed E-state index contributed by atoms with van der Waals surface area (Å²) in [7, 11) is 0. The second kappa shape index (κ2) is 4.29. The van der Waals surface area contributed by atoms with E-state index in [1.165, 1.54) is 11.3 Å². The molecule has 96 valence electrons. The maximum absolute atomic E-state index is 10.8. The van der Waals surface area contributed by atoms with Crippen LogP contribution in [0.3, 0.4) is 0 Å². The summed E-state index contributed by atoms with van der Waals surface area (Å²) in [4.78, 5) is 18.4. The number of anilines is 1. The zero-order valence-corrected chi connectivity index (χ0v) is 10.5. The highest BCUT2D eigenvalue weighted by Gasteiger charge is 2.13. The molecule has 0 aliphatic rings. The fraction of sp³-hybridized carbons (Fsp3) is 0. The number of fused-ring (bicyclic) bond motifs is 1. The number of carbonyl (C=O) groups excluding carboxylic acids is 1. The summed E-state index contributed by atoms with van der Waals surface area (Å²) in [5.74, 6) is 0.954. The van der Waals surface area contributed by atoms with Crippen LogP contribution in [-0.4, -0.2) is 16.1 Å². The molecule has 0 spiro atoms. The molecule has 7 heteroatoms. The monoisotopic (exact) mass is 274 g/mol. The molecule has 3 rings (SSSR count). The van der Waals surface area contributed by atoms with E-state index in [1.54, 1.807) is 12.1 Å². The van der Waals surface area contributed by atoms with Gasteiger partial charge in [0.1, 0.15) is 11.3 Å². The van der Waals surface area contributed by atoms with Gasteiger partial charge in [-0.15, -0.1) is 11.3 Å². The molecular formula is C12H10N4O2S. The molecular weight excluding hydrogens is 264 g/mol. The molecule has 5 N–H and O–H groups in total. The van der Waals surface area contributed by atoms with Crippen molar-refractivity contribution in [2.24, 2.45) is 5.73 Å². The number of rotatable bonds is 2. The van der Waals surface area contributed by atoms with Crippen LogP contribution in [0.5, 0.6) is 5.75 Å². The predicted molar refractivity (Wildman–Crippen MR) is 74.0 cm³/mol. The van der Waals surface area contributed by atoms with Gasteiger partial charge in [0.25, 0.3) is 0 Å². The maximum atomic E-state index is 10.8. The third-order valence-corrected chi connectivity index (χ3v) is 3.40. The highest BCUT2D eigenvalue weighted by atomic mass is 32.1. The average Bonchev–Trinajstić information content (AvgIpc) is 2.94. The summed E-state index contributed by atoms with van der Waals surface area (Å²) in [5.41, 5.74) is 13.7. The van der Waals surface area contributed by atoms with E-state index < -0.39 is 6.09 Å². The number of H-pyrrole nitrogens is 1. The van der Waals surface area contributed by atoms with Crippen molar-refractivity contribution >= 4 is 34.2 Å². The lowest BCUT2D eigenvalue weighted by molar-refractivity contribution is 0.211. The largest absolute Gasteiger partial charge is 0.410 e. The number of para-hydroxylation sites is 1. The second-order valence-corrected chi connectivity index (χ2v) is 4.64. The average molecular weight is 274 g/mol. The van der Waals surface area contributed by atoms with Crippen molar-refractivity contribution < 1.29 is 9.53 Å².